The van der Waals surface area contributed by atoms with E-state index in [1.807, 2.05) is 66.4 Å². The number of nitrogens with zero attached hydrogens (tertiary/aromatic N) is 5. The van der Waals surface area contributed by atoms with Crippen molar-refractivity contribution in [1.29, 1.82) is 0 Å². The molecule has 0 saturated carbocycles. The van der Waals surface area contributed by atoms with E-state index in [9.17, 15) is 9.59 Å². The van der Waals surface area contributed by atoms with Crippen LogP contribution in [0.1, 0.15) is 12.0 Å². The van der Waals surface area contributed by atoms with Crippen molar-refractivity contribution in [1.82, 2.24) is 15.1 Å². The Balaban J connectivity index is 1.05. The highest BCUT2D eigenvalue weighted by molar-refractivity contribution is 6.00. The summed E-state index contributed by atoms with van der Waals surface area (Å²) in [6.07, 6.45) is 0.264. The Hall–Kier alpha value is -4.14. The molecule has 0 radical (unpaired) electrons. The maximum absolute atomic E-state index is 13.2. The average molecular weight is 486 g/mol. The third kappa shape index (κ3) is 4.21. The zero-order chi connectivity index (χ0) is 24.6. The van der Waals surface area contributed by atoms with Gasteiger partial charge in [0.15, 0.2) is 17.3 Å². The maximum Gasteiger partial charge on any atom is 0.231 e. The average Bonchev–Trinajstić information content (AvgIpc) is 3.55. The number of piperazine rings is 1. The first-order valence-corrected chi connectivity index (χ1v) is 12.2. The van der Waals surface area contributed by atoms with Crippen LogP contribution in [0.25, 0.3) is 11.3 Å². The molecule has 1 aromatic heterocycles. The van der Waals surface area contributed by atoms with Crippen LogP contribution in [-0.4, -0.2) is 66.4 Å². The second-order valence-electron chi connectivity index (χ2n) is 9.40. The van der Waals surface area contributed by atoms with Gasteiger partial charge in [-0.1, -0.05) is 17.7 Å². The fourth-order valence-electron chi connectivity index (χ4n) is 4.97. The predicted molar refractivity (Wildman–Crippen MR) is 134 cm³/mol. The molecule has 9 heteroatoms. The van der Waals surface area contributed by atoms with E-state index in [2.05, 4.69) is 15.1 Å². The van der Waals surface area contributed by atoms with Gasteiger partial charge in [-0.2, -0.15) is 0 Å². The number of benzene rings is 2. The SMILES string of the molecule is Cc1ccc(N2CC(C(=O)N3CCN(c4ccc(-c5ccc6c(c5)OCO6)nn4)CC3)CC2=O)cc1. The Morgan fingerprint density at radius 1 is 0.917 bits per heavy atom. The lowest BCUT2D eigenvalue weighted by molar-refractivity contribution is -0.136. The highest BCUT2D eigenvalue weighted by atomic mass is 16.7. The third-order valence-electron chi connectivity index (χ3n) is 7.05. The van der Waals surface area contributed by atoms with Gasteiger partial charge in [0.1, 0.15) is 0 Å². The summed E-state index contributed by atoms with van der Waals surface area (Å²) in [5.74, 6) is 2.00. The van der Waals surface area contributed by atoms with Gasteiger partial charge in [-0.05, 0) is 49.4 Å². The van der Waals surface area contributed by atoms with Crippen molar-refractivity contribution >= 4 is 23.3 Å². The summed E-state index contributed by atoms with van der Waals surface area (Å²) >= 11 is 0. The molecule has 2 fully saturated rings. The molecule has 4 heterocycles. The number of carbonyl (C=O) groups is 2. The molecule has 1 atom stereocenters. The number of hydrogen-bond donors (Lipinski definition) is 0. The fourth-order valence-corrected chi connectivity index (χ4v) is 4.97. The van der Waals surface area contributed by atoms with Crippen molar-refractivity contribution < 1.29 is 19.1 Å². The minimum atomic E-state index is -0.300. The van der Waals surface area contributed by atoms with Gasteiger partial charge in [-0.3, -0.25) is 9.59 Å². The van der Waals surface area contributed by atoms with Gasteiger partial charge >= 0.3 is 0 Å². The first-order chi connectivity index (χ1) is 17.5. The molecule has 3 aliphatic rings. The lowest BCUT2D eigenvalue weighted by atomic mass is 10.1. The van der Waals surface area contributed by atoms with Crippen LogP contribution in [0.4, 0.5) is 11.5 Å². The molecular formula is C27H27N5O4. The highest BCUT2D eigenvalue weighted by Crippen LogP contribution is 2.35. The Kier molecular flexibility index (Phi) is 5.67. The van der Waals surface area contributed by atoms with Crippen LogP contribution in [-0.2, 0) is 9.59 Å². The molecule has 0 N–H and O–H groups in total. The molecule has 1 unspecified atom stereocenters. The standard InChI is InChI=1S/C27H27N5O4/c1-18-2-5-21(6-3-18)32-16-20(15-26(32)33)27(34)31-12-10-30(11-13-31)25-9-7-22(28-29-25)19-4-8-23-24(14-19)36-17-35-23/h2-9,14,20H,10-13,15-17H2,1H3. The molecule has 2 saturated heterocycles. The monoisotopic (exact) mass is 485 g/mol. The topological polar surface area (TPSA) is 88.1 Å². The van der Waals surface area contributed by atoms with E-state index < -0.39 is 0 Å². The molecule has 0 bridgehead atoms. The number of aryl methyl sites for hydroxylation is 1. The normalized spacial score (nSPS) is 19.2. The van der Waals surface area contributed by atoms with Crippen LogP contribution < -0.4 is 19.3 Å². The van der Waals surface area contributed by atoms with Crippen LogP contribution >= 0.6 is 0 Å². The number of rotatable bonds is 4. The molecule has 36 heavy (non-hydrogen) atoms. The van der Waals surface area contributed by atoms with Crippen LogP contribution in [0.2, 0.25) is 0 Å². The summed E-state index contributed by atoms with van der Waals surface area (Å²) in [6, 6.07) is 17.5. The number of amides is 2. The largest absolute Gasteiger partial charge is 0.454 e. The van der Waals surface area contributed by atoms with E-state index in [4.69, 9.17) is 9.47 Å². The van der Waals surface area contributed by atoms with Crippen molar-refractivity contribution in [3.05, 3.63) is 60.2 Å². The number of anilines is 2. The first-order valence-electron chi connectivity index (χ1n) is 12.2. The van der Waals surface area contributed by atoms with Crippen molar-refractivity contribution in [2.45, 2.75) is 13.3 Å². The third-order valence-corrected chi connectivity index (χ3v) is 7.05. The summed E-state index contributed by atoms with van der Waals surface area (Å²) < 4.78 is 10.8. The zero-order valence-electron chi connectivity index (χ0n) is 20.1. The minimum absolute atomic E-state index is 0.00802. The fraction of sp³-hybridized carbons (Fsp3) is 0.333. The molecule has 3 aliphatic heterocycles. The summed E-state index contributed by atoms with van der Waals surface area (Å²) in [5.41, 5.74) is 3.67. The van der Waals surface area contributed by atoms with Gasteiger partial charge < -0.3 is 24.2 Å². The van der Waals surface area contributed by atoms with Gasteiger partial charge in [0, 0.05) is 50.4 Å². The maximum atomic E-state index is 13.2. The number of carbonyl (C=O) groups excluding carboxylic acids is 2. The van der Waals surface area contributed by atoms with Crippen molar-refractivity contribution in [3.8, 4) is 22.8 Å². The summed E-state index contributed by atoms with van der Waals surface area (Å²) in [4.78, 5) is 31.5. The van der Waals surface area contributed by atoms with Gasteiger partial charge in [-0.25, -0.2) is 0 Å². The molecule has 6 rings (SSSR count). The summed E-state index contributed by atoms with van der Waals surface area (Å²) in [7, 11) is 0. The summed E-state index contributed by atoms with van der Waals surface area (Å²) in [5, 5.41) is 8.83. The quantitative estimate of drug-likeness (QED) is 0.562. The van der Waals surface area contributed by atoms with Gasteiger partial charge in [0.2, 0.25) is 18.6 Å². The van der Waals surface area contributed by atoms with Gasteiger partial charge in [0.05, 0.1) is 11.6 Å². The lowest BCUT2D eigenvalue weighted by Crippen LogP contribution is -2.51. The van der Waals surface area contributed by atoms with E-state index in [-0.39, 0.29) is 30.9 Å². The molecule has 184 valence electrons. The molecule has 2 amide bonds. The van der Waals surface area contributed by atoms with Crippen molar-refractivity contribution in [3.63, 3.8) is 0 Å². The highest BCUT2D eigenvalue weighted by Gasteiger charge is 2.38. The number of fused-ring (bicyclic) bond motifs is 1. The Labute approximate surface area is 209 Å². The second-order valence-corrected chi connectivity index (χ2v) is 9.40. The number of ether oxygens (including phenoxy) is 2. The van der Waals surface area contributed by atoms with Crippen LogP contribution in [0.3, 0.4) is 0 Å². The van der Waals surface area contributed by atoms with E-state index in [1.54, 1.807) is 4.90 Å². The molecule has 0 aliphatic carbocycles. The molecule has 3 aromatic rings. The molecule has 0 spiro atoms. The van der Waals surface area contributed by atoms with Crippen molar-refractivity contribution in [2.75, 3.05) is 49.3 Å². The lowest BCUT2D eigenvalue weighted by Gasteiger charge is -2.36. The second kappa shape index (κ2) is 9.14. The van der Waals surface area contributed by atoms with E-state index in [0.717, 1.165) is 34.1 Å². The van der Waals surface area contributed by atoms with Gasteiger partial charge in [-0.15, -0.1) is 10.2 Å². The Morgan fingerprint density at radius 3 is 2.44 bits per heavy atom. The smallest absolute Gasteiger partial charge is 0.231 e. The van der Waals surface area contributed by atoms with Crippen LogP contribution in [0.5, 0.6) is 11.5 Å². The van der Waals surface area contributed by atoms with E-state index >= 15 is 0 Å². The van der Waals surface area contributed by atoms with Crippen LogP contribution in [0.15, 0.2) is 54.6 Å². The van der Waals surface area contributed by atoms with Crippen LogP contribution in [0, 0.1) is 12.8 Å². The van der Waals surface area contributed by atoms with Crippen molar-refractivity contribution in [2.24, 2.45) is 5.92 Å². The minimum Gasteiger partial charge on any atom is -0.454 e. The number of aromatic nitrogens is 2. The van der Waals surface area contributed by atoms with E-state index in [0.29, 0.717) is 38.5 Å². The Morgan fingerprint density at radius 2 is 1.69 bits per heavy atom. The zero-order valence-corrected chi connectivity index (χ0v) is 20.1. The van der Waals surface area contributed by atoms with Gasteiger partial charge in [0.25, 0.3) is 0 Å². The molecule has 9 nitrogen and oxygen atoms in total. The summed E-state index contributed by atoms with van der Waals surface area (Å²) in [6.45, 7) is 5.23. The first kappa shape index (κ1) is 22.3. The Bertz CT molecular complexity index is 1290. The molecular weight excluding hydrogens is 458 g/mol. The van der Waals surface area contributed by atoms with E-state index in [1.165, 1.54) is 0 Å². The molecule has 2 aromatic carbocycles. The number of hydrogen-bond acceptors (Lipinski definition) is 7. The predicted octanol–water partition coefficient (Wildman–Crippen LogP) is 2.88.